The summed E-state index contributed by atoms with van der Waals surface area (Å²) >= 11 is 0. The summed E-state index contributed by atoms with van der Waals surface area (Å²) < 4.78 is 0. The number of para-hydroxylation sites is 2. The Hall–Kier alpha value is -5.35. The molecule has 0 atom stereocenters. The van der Waals surface area contributed by atoms with E-state index in [9.17, 15) is 0 Å². The number of rotatable bonds is 7. The van der Waals surface area contributed by atoms with Crippen LogP contribution >= 0.6 is 0 Å². The van der Waals surface area contributed by atoms with Crippen molar-refractivity contribution in [1.82, 2.24) is 15.0 Å². The Balaban J connectivity index is 0.929. The van der Waals surface area contributed by atoms with Crippen molar-refractivity contribution in [2.24, 2.45) is 0 Å². The predicted molar refractivity (Wildman–Crippen MR) is 206 cm³/mol. The first-order chi connectivity index (χ1) is 25.1. The average molecular weight is 661 g/mol. The molecule has 4 aromatic carbocycles. The SMILES string of the molecule is c1ccc(N(c2cccc(C34CCC(c5cccc6cccnc56)(C3)C4)c2)c2cccc(C34CCC(c5ccnc6cccnc56)(C3)C4)c2)cc1. The van der Waals surface area contributed by atoms with Gasteiger partial charge in [0.25, 0.3) is 0 Å². The second-order valence-corrected chi connectivity index (χ2v) is 16.2. The average Bonchev–Trinajstić information content (AvgIpc) is 3.95. The number of hydrogen-bond acceptors (Lipinski definition) is 4. The maximum Gasteiger partial charge on any atom is 0.0924 e. The molecule has 0 spiro atoms. The smallest absolute Gasteiger partial charge is 0.0924 e. The van der Waals surface area contributed by atoms with Crippen molar-refractivity contribution in [2.75, 3.05) is 4.90 Å². The zero-order chi connectivity index (χ0) is 33.7. The fraction of sp³-hybridized carbons (Fsp3) is 0.255. The minimum absolute atomic E-state index is 0.194. The molecule has 0 saturated heterocycles. The van der Waals surface area contributed by atoms with Crippen LogP contribution in [0.4, 0.5) is 17.1 Å². The molecule has 6 aliphatic rings. The topological polar surface area (TPSA) is 41.9 Å². The van der Waals surface area contributed by atoms with Crippen molar-refractivity contribution in [3.63, 3.8) is 0 Å². The Labute approximate surface area is 299 Å². The molecule has 0 unspecified atom stereocenters. The summed E-state index contributed by atoms with van der Waals surface area (Å²) in [5.74, 6) is 0. The number of aromatic nitrogens is 3. The lowest BCUT2D eigenvalue weighted by Gasteiger charge is -2.49. The minimum Gasteiger partial charge on any atom is -0.310 e. The van der Waals surface area contributed by atoms with Gasteiger partial charge in [-0.2, -0.15) is 0 Å². The third-order valence-corrected chi connectivity index (χ3v) is 13.6. The molecule has 0 radical (unpaired) electrons. The molecule has 3 aromatic heterocycles. The van der Waals surface area contributed by atoms with Gasteiger partial charge in [0.2, 0.25) is 0 Å². The molecule has 4 nitrogen and oxygen atoms in total. The standard InChI is InChI=1S/C47H40N4/c1-2-13-36(14-3-1)51(37-15-5-11-34(27-37)44-20-22-46(29-44,30-44)39-17-4-9-33-10-7-24-49-42(33)39)38-16-6-12-35(28-38)45-21-23-47(31-45,32-45)40-19-26-48-41-18-8-25-50-43(40)41/h1-19,24-28H,20-23,29-32H2. The van der Waals surface area contributed by atoms with Crippen LogP contribution in [-0.2, 0) is 21.7 Å². The summed E-state index contributed by atoms with van der Waals surface area (Å²) in [7, 11) is 0. The lowest BCUT2D eigenvalue weighted by Crippen LogP contribution is -2.44. The maximum absolute atomic E-state index is 4.86. The van der Waals surface area contributed by atoms with Gasteiger partial charge in [0.1, 0.15) is 0 Å². The van der Waals surface area contributed by atoms with Crippen molar-refractivity contribution in [3.05, 3.63) is 168 Å². The number of pyridine rings is 3. The first-order valence-electron chi connectivity index (χ1n) is 18.7. The van der Waals surface area contributed by atoms with E-state index in [1.165, 1.54) is 102 Å². The summed E-state index contributed by atoms with van der Waals surface area (Å²) in [6, 6.07) is 47.2. The molecule has 6 fully saturated rings. The number of fused-ring (bicyclic) bond motifs is 4. The van der Waals surface area contributed by atoms with Gasteiger partial charge in [0, 0.05) is 41.0 Å². The third kappa shape index (κ3) is 4.22. The summed E-state index contributed by atoms with van der Waals surface area (Å²) in [6.07, 6.45) is 15.5. The van der Waals surface area contributed by atoms with Crippen LogP contribution in [-0.4, -0.2) is 15.0 Å². The highest BCUT2D eigenvalue weighted by Crippen LogP contribution is 2.70. The fourth-order valence-electron chi connectivity index (χ4n) is 11.4. The van der Waals surface area contributed by atoms with Crippen LogP contribution in [0.2, 0.25) is 0 Å². The quantitative estimate of drug-likeness (QED) is 0.171. The van der Waals surface area contributed by atoms with Crippen molar-refractivity contribution in [1.29, 1.82) is 0 Å². The number of hydrogen-bond donors (Lipinski definition) is 0. The molecular formula is C47H40N4. The lowest BCUT2D eigenvalue weighted by atomic mass is 9.55. The Morgan fingerprint density at radius 3 is 1.65 bits per heavy atom. The normalized spacial score (nSPS) is 27.3. The Bertz CT molecular complexity index is 2310. The molecule has 7 aromatic rings. The number of anilines is 3. The summed E-state index contributed by atoms with van der Waals surface area (Å²) in [6.45, 7) is 0. The monoisotopic (exact) mass is 660 g/mol. The Morgan fingerprint density at radius 1 is 0.412 bits per heavy atom. The van der Waals surface area contributed by atoms with E-state index < -0.39 is 0 Å². The van der Waals surface area contributed by atoms with E-state index in [0.717, 1.165) is 11.0 Å². The second kappa shape index (κ2) is 10.6. The van der Waals surface area contributed by atoms with Gasteiger partial charge in [-0.05, 0) is 156 Å². The van der Waals surface area contributed by atoms with Gasteiger partial charge in [0.05, 0.1) is 16.6 Å². The lowest BCUT2D eigenvalue weighted by molar-refractivity contribution is 0.196. The van der Waals surface area contributed by atoms with Gasteiger partial charge in [-0.25, -0.2) is 0 Å². The summed E-state index contributed by atoms with van der Waals surface area (Å²) in [5, 5.41) is 1.25. The molecular weight excluding hydrogens is 621 g/mol. The number of nitrogens with zero attached hydrogens (tertiary/aromatic N) is 4. The Kier molecular flexibility index (Phi) is 6.10. The third-order valence-electron chi connectivity index (χ3n) is 13.6. The van der Waals surface area contributed by atoms with Crippen molar-refractivity contribution >= 4 is 39.0 Å². The van der Waals surface area contributed by atoms with Gasteiger partial charge in [0.15, 0.2) is 0 Å². The van der Waals surface area contributed by atoms with Crippen LogP contribution in [0, 0.1) is 0 Å². The molecule has 0 amide bonds. The van der Waals surface area contributed by atoms with Crippen LogP contribution in [0.5, 0.6) is 0 Å². The summed E-state index contributed by atoms with van der Waals surface area (Å²) in [5.41, 5.74) is 13.6. The van der Waals surface area contributed by atoms with Gasteiger partial charge in [-0.3, -0.25) is 15.0 Å². The minimum atomic E-state index is 0.194. The molecule has 4 heteroatoms. The molecule has 13 rings (SSSR count). The number of benzene rings is 4. The summed E-state index contributed by atoms with van der Waals surface area (Å²) in [4.78, 5) is 16.8. The fourth-order valence-corrected chi connectivity index (χ4v) is 11.4. The van der Waals surface area contributed by atoms with Gasteiger partial charge in [-0.15, -0.1) is 0 Å². The zero-order valence-electron chi connectivity index (χ0n) is 28.8. The van der Waals surface area contributed by atoms with Gasteiger partial charge < -0.3 is 4.90 Å². The van der Waals surface area contributed by atoms with Crippen LogP contribution in [0.3, 0.4) is 0 Å². The highest BCUT2D eigenvalue weighted by Gasteiger charge is 2.63. The van der Waals surface area contributed by atoms with E-state index in [4.69, 9.17) is 9.97 Å². The molecule has 6 saturated carbocycles. The first kappa shape index (κ1) is 29.4. The van der Waals surface area contributed by atoms with Gasteiger partial charge >= 0.3 is 0 Å². The van der Waals surface area contributed by atoms with E-state index >= 15 is 0 Å². The van der Waals surface area contributed by atoms with E-state index in [1.807, 2.05) is 24.7 Å². The van der Waals surface area contributed by atoms with E-state index in [0.29, 0.717) is 0 Å². The first-order valence-corrected chi connectivity index (χ1v) is 18.7. The zero-order valence-corrected chi connectivity index (χ0v) is 28.8. The molecule has 3 heterocycles. The highest BCUT2D eigenvalue weighted by molar-refractivity contribution is 5.84. The van der Waals surface area contributed by atoms with E-state index in [2.05, 4.69) is 131 Å². The predicted octanol–water partition coefficient (Wildman–Crippen LogP) is 11.2. The van der Waals surface area contributed by atoms with Crippen LogP contribution in [0.1, 0.15) is 73.6 Å². The van der Waals surface area contributed by atoms with E-state index in [1.54, 1.807) is 0 Å². The van der Waals surface area contributed by atoms with Gasteiger partial charge in [-0.1, -0.05) is 66.7 Å². The molecule has 248 valence electrons. The highest BCUT2D eigenvalue weighted by atomic mass is 15.1. The molecule has 4 bridgehead atoms. The van der Waals surface area contributed by atoms with Crippen LogP contribution in [0.15, 0.2) is 146 Å². The Morgan fingerprint density at radius 2 is 0.961 bits per heavy atom. The van der Waals surface area contributed by atoms with E-state index in [-0.39, 0.29) is 21.7 Å². The van der Waals surface area contributed by atoms with Crippen molar-refractivity contribution < 1.29 is 0 Å². The second-order valence-electron chi connectivity index (χ2n) is 16.2. The van der Waals surface area contributed by atoms with Crippen molar-refractivity contribution in [2.45, 2.75) is 73.0 Å². The molecule has 0 N–H and O–H groups in total. The molecule has 0 aliphatic heterocycles. The van der Waals surface area contributed by atoms with Crippen molar-refractivity contribution in [3.8, 4) is 0 Å². The molecule has 51 heavy (non-hydrogen) atoms. The maximum atomic E-state index is 4.86. The van der Waals surface area contributed by atoms with Crippen LogP contribution in [0.25, 0.3) is 21.9 Å². The van der Waals surface area contributed by atoms with Crippen LogP contribution < -0.4 is 4.90 Å². The largest absolute Gasteiger partial charge is 0.310 e. The molecule has 6 aliphatic carbocycles.